The van der Waals surface area contributed by atoms with Crippen LogP contribution in [0.2, 0.25) is 0 Å². The topological polar surface area (TPSA) is 120 Å². The summed E-state index contributed by atoms with van der Waals surface area (Å²) in [6.07, 6.45) is 3.17. The van der Waals surface area contributed by atoms with Crippen LogP contribution in [0.5, 0.6) is 11.5 Å². The van der Waals surface area contributed by atoms with Gasteiger partial charge in [0.25, 0.3) is 0 Å². The number of thiophene rings is 2. The highest BCUT2D eigenvalue weighted by atomic mass is 32.1. The van der Waals surface area contributed by atoms with Crippen molar-refractivity contribution in [3.63, 3.8) is 0 Å². The van der Waals surface area contributed by atoms with Crippen LogP contribution in [-0.2, 0) is 0 Å². The normalized spacial score (nSPS) is 11.3. The number of benzene rings is 2. The van der Waals surface area contributed by atoms with E-state index in [1.807, 2.05) is 0 Å². The summed E-state index contributed by atoms with van der Waals surface area (Å²) in [6, 6.07) is 20.5. The largest absolute Gasteiger partial charge is 0.457 e. The summed E-state index contributed by atoms with van der Waals surface area (Å²) in [7, 11) is 0. The van der Waals surface area contributed by atoms with Crippen LogP contribution in [0.4, 0.5) is 21.4 Å². The van der Waals surface area contributed by atoms with Gasteiger partial charge in [0.2, 0.25) is 0 Å². The number of nitrogens with zero attached hydrogens (tertiary/aromatic N) is 4. The minimum Gasteiger partial charge on any atom is -0.457 e. The first kappa shape index (κ1) is 22.0. The fraction of sp³-hybridized carbons (Fsp3) is 0. The van der Waals surface area contributed by atoms with Gasteiger partial charge in [-0.3, -0.25) is 30.2 Å². The van der Waals surface area contributed by atoms with Crippen LogP contribution >= 0.6 is 22.7 Å². The number of nitro groups is 2. The van der Waals surface area contributed by atoms with Gasteiger partial charge in [-0.05, 0) is 60.7 Å². The van der Waals surface area contributed by atoms with Gasteiger partial charge in [0.1, 0.15) is 11.5 Å². The van der Waals surface area contributed by atoms with E-state index in [-0.39, 0.29) is 10.0 Å². The third-order valence-corrected chi connectivity index (χ3v) is 6.12. The van der Waals surface area contributed by atoms with E-state index in [9.17, 15) is 20.2 Å². The predicted molar refractivity (Wildman–Crippen MR) is 129 cm³/mol. The molecule has 0 radical (unpaired) electrons. The molecule has 0 atom stereocenters. The molecule has 2 heterocycles. The van der Waals surface area contributed by atoms with Crippen molar-refractivity contribution in [3.05, 3.63) is 103 Å². The van der Waals surface area contributed by atoms with Crippen LogP contribution < -0.4 is 4.74 Å². The fourth-order valence-electron chi connectivity index (χ4n) is 2.63. The van der Waals surface area contributed by atoms with Gasteiger partial charge < -0.3 is 4.74 Å². The number of aliphatic imine (C=N–C) groups is 2. The van der Waals surface area contributed by atoms with Crippen LogP contribution in [-0.4, -0.2) is 22.3 Å². The van der Waals surface area contributed by atoms with Crippen molar-refractivity contribution in [2.24, 2.45) is 9.98 Å². The van der Waals surface area contributed by atoms with E-state index >= 15 is 0 Å². The van der Waals surface area contributed by atoms with Gasteiger partial charge in [0, 0.05) is 24.6 Å². The maximum atomic E-state index is 10.7. The summed E-state index contributed by atoms with van der Waals surface area (Å²) in [5.41, 5.74) is 1.38. The molecule has 4 aromatic rings. The molecule has 33 heavy (non-hydrogen) atoms. The van der Waals surface area contributed by atoms with Crippen LogP contribution in [0.3, 0.4) is 0 Å². The maximum absolute atomic E-state index is 10.7. The molecule has 0 spiro atoms. The minimum absolute atomic E-state index is 0.0763. The Bertz CT molecular complexity index is 1240. The Balaban J connectivity index is 1.34. The lowest BCUT2D eigenvalue weighted by atomic mass is 10.3. The molecule has 0 N–H and O–H groups in total. The fourth-order valence-corrected chi connectivity index (χ4v) is 4.02. The number of rotatable bonds is 8. The quantitative estimate of drug-likeness (QED) is 0.155. The highest BCUT2D eigenvalue weighted by Gasteiger charge is 2.09. The van der Waals surface area contributed by atoms with Crippen molar-refractivity contribution < 1.29 is 14.6 Å². The molecule has 4 rings (SSSR count). The third-order valence-electron chi connectivity index (χ3n) is 4.18. The Morgan fingerprint density at radius 2 is 1.03 bits per heavy atom. The second-order valence-corrected chi connectivity index (χ2v) is 8.66. The lowest BCUT2D eigenvalue weighted by Gasteiger charge is -2.06. The van der Waals surface area contributed by atoms with Gasteiger partial charge in [-0.25, -0.2) is 0 Å². The monoisotopic (exact) mass is 478 g/mol. The molecule has 0 aliphatic heterocycles. The molecule has 0 unspecified atom stereocenters. The average Bonchev–Trinajstić information content (AvgIpc) is 3.48. The maximum Gasteiger partial charge on any atom is 0.324 e. The van der Waals surface area contributed by atoms with Gasteiger partial charge in [0.15, 0.2) is 0 Å². The summed E-state index contributed by atoms with van der Waals surface area (Å²) in [5.74, 6) is 1.26. The zero-order valence-corrected chi connectivity index (χ0v) is 18.4. The summed E-state index contributed by atoms with van der Waals surface area (Å²) in [5, 5.41) is 21.6. The molecule has 0 saturated heterocycles. The first-order valence-electron chi connectivity index (χ1n) is 9.41. The highest BCUT2D eigenvalue weighted by molar-refractivity contribution is 7.17. The van der Waals surface area contributed by atoms with E-state index in [1.54, 1.807) is 73.1 Å². The van der Waals surface area contributed by atoms with Gasteiger partial charge in [-0.15, -0.1) is 0 Å². The van der Waals surface area contributed by atoms with Crippen molar-refractivity contribution in [2.75, 3.05) is 0 Å². The Kier molecular flexibility index (Phi) is 6.62. The number of hydrogen-bond donors (Lipinski definition) is 0. The third kappa shape index (κ3) is 5.93. The summed E-state index contributed by atoms with van der Waals surface area (Å²) in [6.45, 7) is 0. The minimum atomic E-state index is -0.426. The van der Waals surface area contributed by atoms with Gasteiger partial charge in [0.05, 0.1) is 31.0 Å². The van der Waals surface area contributed by atoms with Crippen molar-refractivity contribution in [1.82, 2.24) is 0 Å². The molecule has 0 amide bonds. The smallest absolute Gasteiger partial charge is 0.324 e. The molecule has 2 aromatic heterocycles. The van der Waals surface area contributed by atoms with E-state index in [1.165, 1.54) is 12.1 Å². The van der Waals surface area contributed by atoms with Gasteiger partial charge in [-0.2, -0.15) is 0 Å². The first-order valence-corrected chi connectivity index (χ1v) is 11.0. The van der Waals surface area contributed by atoms with E-state index in [0.717, 1.165) is 22.7 Å². The Morgan fingerprint density at radius 3 is 1.36 bits per heavy atom. The lowest BCUT2D eigenvalue weighted by molar-refractivity contribution is -0.380. The first-order chi connectivity index (χ1) is 16.0. The van der Waals surface area contributed by atoms with Gasteiger partial charge >= 0.3 is 10.0 Å². The Hall–Kier alpha value is -4.22. The molecular weight excluding hydrogens is 464 g/mol. The van der Waals surface area contributed by atoms with Crippen molar-refractivity contribution >= 4 is 56.5 Å². The van der Waals surface area contributed by atoms with Gasteiger partial charge in [-0.1, -0.05) is 22.7 Å². The van der Waals surface area contributed by atoms with Crippen LogP contribution in [0.25, 0.3) is 0 Å². The Morgan fingerprint density at radius 1 is 0.636 bits per heavy atom. The molecule has 0 aliphatic rings. The molecule has 164 valence electrons. The van der Waals surface area contributed by atoms with E-state index in [0.29, 0.717) is 32.6 Å². The molecule has 2 aromatic carbocycles. The molecule has 0 saturated carbocycles. The van der Waals surface area contributed by atoms with Crippen molar-refractivity contribution in [3.8, 4) is 11.5 Å². The zero-order valence-electron chi connectivity index (χ0n) is 16.7. The number of ether oxygens (including phenoxy) is 1. The van der Waals surface area contributed by atoms with Crippen molar-refractivity contribution in [2.45, 2.75) is 0 Å². The molecule has 11 heteroatoms. The van der Waals surface area contributed by atoms with E-state index in [4.69, 9.17) is 4.74 Å². The molecule has 0 aliphatic carbocycles. The zero-order chi connectivity index (χ0) is 23.2. The molecule has 0 fully saturated rings. The summed E-state index contributed by atoms with van der Waals surface area (Å²) < 4.78 is 5.82. The Labute approximate surface area is 195 Å². The SMILES string of the molecule is O=[N+]([O-])c1ccc(C=Nc2ccc(Oc3ccc(N=Cc4ccc([N+](=O)[O-])s4)cc3)cc2)s1. The second-order valence-electron chi connectivity index (χ2n) is 6.47. The standard InChI is InChI=1S/C22H14N4O5S2/c27-25(28)21-11-9-19(32-21)13-23-15-1-5-17(6-2-15)31-18-7-3-16(4-8-18)24-14-20-10-12-22(33-20)26(29)30/h1-14H. The molecular formula is C22H14N4O5S2. The second kappa shape index (κ2) is 9.94. The van der Waals surface area contributed by atoms with E-state index in [2.05, 4.69) is 9.98 Å². The van der Waals surface area contributed by atoms with Crippen LogP contribution in [0.15, 0.2) is 82.8 Å². The molecule has 0 bridgehead atoms. The molecule has 9 nitrogen and oxygen atoms in total. The van der Waals surface area contributed by atoms with Crippen LogP contribution in [0, 0.1) is 20.2 Å². The summed E-state index contributed by atoms with van der Waals surface area (Å²) >= 11 is 2.12. The van der Waals surface area contributed by atoms with Crippen LogP contribution in [0.1, 0.15) is 9.75 Å². The van der Waals surface area contributed by atoms with E-state index < -0.39 is 9.85 Å². The van der Waals surface area contributed by atoms with Crippen molar-refractivity contribution in [1.29, 1.82) is 0 Å². The predicted octanol–water partition coefficient (Wildman–Crippen LogP) is 6.92. The number of hydrogen-bond acceptors (Lipinski definition) is 9. The average molecular weight is 479 g/mol. The highest BCUT2D eigenvalue weighted by Crippen LogP contribution is 2.28. The lowest BCUT2D eigenvalue weighted by Crippen LogP contribution is -1.83. The summed E-state index contributed by atoms with van der Waals surface area (Å²) in [4.78, 5) is 30.7.